The molecule has 0 bridgehead atoms. The van der Waals surface area contributed by atoms with Crippen LogP contribution in [0.5, 0.6) is 0 Å². The third kappa shape index (κ3) is 2.28. The van der Waals surface area contributed by atoms with Crippen LogP contribution < -0.4 is 5.46 Å². The van der Waals surface area contributed by atoms with Gasteiger partial charge in [-0.3, -0.25) is 0 Å². The molecule has 0 atom stereocenters. The van der Waals surface area contributed by atoms with Crippen LogP contribution in [0.25, 0.3) is 0 Å². The van der Waals surface area contributed by atoms with Gasteiger partial charge in [-0.25, -0.2) is 4.39 Å². The average molecular weight is 304 g/mol. The second-order valence-corrected chi connectivity index (χ2v) is 5.80. The molecule has 0 N–H and O–H groups in total. The van der Waals surface area contributed by atoms with E-state index in [1.807, 2.05) is 27.7 Å². The maximum atomic E-state index is 13.6. The van der Waals surface area contributed by atoms with E-state index in [-0.39, 0.29) is 16.0 Å². The highest BCUT2D eigenvalue weighted by atomic mass is 79.9. The first-order chi connectivity index (χ1) is 8.99. The van der Waals surface area contributed by atoms with Crippen molar-refractivity contribution in [2.45, 2.75) is 38.9 Å². The van der Waals surface area contributed by atoms with E-state index in [2.05, 4.69) is 15.9 Å². The van der Waals surface area contributed by atoms with E-state index in [1.54, 1.807) is 0 Å². The van der Waals surface area contributed by atoms with Gasteiger partial charge in [0.25, 0.3) is 0 Å². The van der Waals surface area contributed by atoms with E-state index in [0.29, 0.717) is 0 Å². The second kappa shape index (κ2) is 4.07. The lowest BCUT2D eigenvalue weighted by Crippen LogP contribution is -2.41. The van der Waals surface area contributed by atoms with Crippen LogP contribution in [-0.2, 0) is 9.31 Å². The molecule has 1 aliphatic heterocycles. The van der Waals surface area contributed by atoms with Gasteiger partial charge < -0.3 is 9.31 Å². The van der Waals surface area contributed by atoms with E-state index in [9.17, 15) is 4.39 Å². The maximum Gasteiger partial charge on any atom is 0.495 e. The van der Waals surface area contributed by atoms with Crippen LogP contribution in [0.4, 0.5) is 4.39 Å². The summed E-state index contributed by atoms with van der Waals surface area (Å²) in [7, 11) is -0.907. The van der Waals surface area contributed by atoms with Crippen LogP contribution >= 0.6 is 15.9 Å². The zero-order chi connectivity index (χ0) is 15.5. The van der Waals surface area contributed by atoms with Crippen molar-refractivity contribution in [2.75, 3.05) is 0 Å². The molecule has 0 radical (unpaired) electrons. The minimum atomic E-state index is -1.03. The zero-order valence-corrected chi connectivity index (χ0v) is 11.7. The number of halogens is 2. The van der Waals surface area contributed by atoms with Crippen molar-refractivity contribution in [3.05, 3.63) is 28.4 Å². The molecule has 1 aromatic carbocycles. The zero-order valence-electron chi connectivity index (χ0n) is 13.1. The van der Waals surface area contributed by atoms with Crippen molar-refractivity contribution in [1.82, 2.24) is 0 Å². The van der Waals surface area contributed by atoms with Crippen molar-refractivity contribution < 1.29 is 17.8 Å². The van der Waals surface area contributed by atoms with Gasteiger partial charge in [0, 0.05) is 4.47 Å². The molecule has 0 aliphatic carbocycles. The van der Waals surface area contributed by atoms with Gasteiger partial charge in [-0.15, -0.1) is 0 Å². The van der Waals surface area contributed by atoms with Crippen molar-refractivity contribution in [1.29, 1.82) is 0 Å². The third-order valence-corrected chi connectivity index (χ3v) is 3.88. The van der Waals surface area contributed by atoms with E-state index < -0.39 is 36.2 Å². The maximum absolute atomic E-state index is 13.6. The highest BCUT2D eigenvalue weighted by Crippen LogP contribution is 2.36. The Balaban J connectivity index is 2.57. The highest BCUT2D eigenvalue weighted by molar-refractivity contribution is 9.10. The Morgan fingerprint density at radius 2 is 1.76 bits per heavy atom. The van der Waals surface area contributed by atoms with Crippen molar-refractivity contribution in [2.24, 2.45) is 0 Å². The van der Waals surface area contributed by atoms with Crippen molar-refractivity contribution in [3.8, 4) is 0 Å². The van der Waals surface area contributed by atoms with E-state index in [1.165, 1.54) is 0 Å². The summed E-state index contributed by atoms with van der Waals surface area (Å²) < 4.78 is 48.4. The molecular formula is C12H15BBrFO2. The van der Waals surface area contributed by atoms with Gasteiger partial charge in [-0.05, 0) is 45.2 Å². The Hall–Kier alpha value is -0.385. The van der Waals surface area contributed by atoms with Gasteiger partial charge in [0.15, 0.2) is 0 Å². The first kappa shape index (κ1) is 9.53. The predicted octanol–water partition coefficient (Wildman–Crippen LogP) is 2.89. The molecule has 0 unspecified atom stereocenters. The monoisotopic (exact) mass is 303 g/mol. The fraction of sp³-hybridized carbons (Fsp3) is 0.500. The largest absolute Gasteiger partial charge is 0.495 e. The summed E-state index contributed by atoms with van der Waals surface area (Å²) in [6, 6.07) is -1.41. The Morgan fingerprint density at radius 3 is 2.29 bits per heavy atom. The summed E-state index contributed by atoms with van der Waals surface area (Å²) in [5.41, 5.74) is -1.04. The summed E-state index contributed by atoms with van der Waals surface area (Å²) in [6.07, 6.45) is 0. The number of benzene rings is 1. The lowest BCUT2D eigenvalue weighted by atomic mass is 9.79. The normalized spacial score (nSPS) is 24.4. The molecule has 2 nitrogen and oxygen atoms in total. The van der Waals surface area contributed by atoms with Crippen LogP contribution in [0, 0.1) is 5.82 Å². The Labute approximate surface area is 114 Å². The number of hydrogen-bond donors (Lipinski definition) is 0. The second-order valence-electron chi connectivity index (χ2n) is 5.00. The molecule has 92 valence electrons. The molecule has 17 heavy (non-hydrogen) atoms. The van der Waals surface area contributed by atoms with E-state index in [0.717, 1.165) is 0 Å². The molecule has 1 aromatic rings. The van der Waals surface area contributed by atoms with Crippen LogP contribution in [0.1, 0.15) is 31.8 Å². The fourth-order valence-electron chi connectivity index (χ4n) is 1.50. The van der Waals surface area contributed by atoms with Gasteiger partial charge >= 0.3 is 7.12 Å². The summed E-state index contributed by atoms with van der Waals surface area (Å²) in [6.45, 7) is 7.43. The molecule has 5 heteroatoms. The van der Waals surface area contributed by atoms with Crippen molar-refractivity contribution in [3.63, 3.8) is 0 Å². The molecule has 0 saturated carbocycles. The minimum Gasteiger partial charge on any atom is -0.399 e. The lowest BCUT2D eigenvalue weighted by molar-refractivity contribution is 0.00578. The van der Waals surface area contributed by atoms with E-state index >= 15 is 0 Å². The van der Waals surface area contributed by atoms with Crippen LogP contribution in [0.15, 0.2) is 22.6 Å². The molecule has 0 amide bonds. The van der Waals surface area contributed by atoms with Gasteiger partial charge in [0.05, 0.1) is 15.3 Å². The first-order valence-electron chi connectivity index (χ1n) is 6.80. The molecule has 1 fully saturated rings. The quantitative estimate of drug-likeness (QED) is 0.743. The standard InChI is InChI=1S/C12H15BBrFO2/c1-11(2)12(3,4)17-13(16-11)9-6-5-8(15)7-10(9)14/h5-7H,1-4H3/i5D,6D,7D. The van der Waals surface area contributed by atoms with Crippen molar-refractivity contribution >= 4 is 28.5 Å². The number of rotatable bonds is 1. The molecule has 1 heterocycles. The predicted molar refractivity (Wildman–Crippen MR) is 69.8 cm³/mol. The topological polar surface area (TPSA) is 18.5 Å². The average Bonchev–Trinajstić information content (AvgIpc) is 2.53. The Bertz CT molecular complexity index is 535. The summed E-state index contributed by atoms with van der Waals surface area (Å²) in [5.74, 6) is -1.03. The smallest absolute Gasteiger partial charge is 0.399 e. The molecule has 0 spiro atoms. The molecule has 1 aliphatic rings. The highest BCUT2D eigenvalue weighted by Gasteiger charge is 2.52. The van der Waals surface area contributed by atoms with Gasteiger partial charge in [0.2, 0.25) is 0 Å². The Morgan fingerprint density at radius 1 is 1.24 bits per heavy atom. The molecular weight excluding hydrogens is 286 g/mol. The molecule has 1 saturated heterocycles. The van der Waals surface area contributed by atoms with Gasteiger partial charge in [-0.2, -0.15) is 0 Å². The Kier molecular flexibility index (Phi) is 2.28. The van der Waals surface area contributed by atoms with Crippen LogP contribution in [-0.4, -0.2) is 18.3 Å². The van der Waals surface area contributed by atoms with Crippen LogP contribution in [0.2, 0.25) is 0 Å². The molecule has 2 rings (SSSR count). The van der Waals surface area contributed by atoms with Gasteiger partial charge in [-0.1, -0.05) is 22.0 Å². The minimum absolute atomic E-state index is 0.0921. The molecule has 0 aromatic heterocycles. The van der Waals surface area contributed by atoms with Crippen LogP contribution in [0.3, 0.4) is 0 Å². The van der Waals surface area contributed by atoms with Gasteiger partial charge in [0.1, 0.15) is 5.82 Å². The fourth-order valence-corrected chi connectivity index (χ4v) is 1.96. The lowest BCUT2D eigenvalue weighted by Gasteiger charge is -2.32. The van der Waals surface area contributed by atoms with E-state index in [4.69, 9.17) is 13.4 Å². The first-order valence-corrected chi connectivity index (χ1v) is 6.09. The SMILES string of the molecule is [2H]c1c([2H])c(B2OC(C)(C)C(C)(C)O2)c(Br)c([2H])c1F. The number of hydrogen-bond acceptors (Lipinski definition) is 2. The third-order valence-electron chi connectivity index (χ3n) is 3.25. The summed E-state index contributed by atoms with van der Waals surface area (Å²) in [4.78, 5) is 0. The summed E-state index contributed by atoms with van der Waals surface area (Å²) in [5, 5.41) is 0. The summed E-state index contributed by atoms with van der Waals surface area (Å²) >= 11 is 3.11.